The minimum atomic E-state index is -1.34. The molecule has 0 bridgehead atoms. The van der Waals surface area contributed by atoms with Crippen LogP contribution in [-0.2, 0) is 4.79 Å². The van der Waals surface area contributed by atoms with Crippen molar-refractivity contribution in [1.29, 1.82) is 0 Å². The Hall–Kier alpha value is -2.02. The van der Waals surface area contributed by atoms with Crippen molar-refractivity contribution in [2.75, 3.05) is 10.6 Å². The SMILES string of the molecule is O=C(Nc1cc(NC(=O)[C@H]2[C@H](c3cc(Cl)cc(Cl)c3)C2(Cl)Cl)ccc1Cl)c1ccccc1F. The molecule has 0 heterocycles. The molecule has 3 aromatic rings. The second-order valence-corrected chi connectivity index (χ2v) is 10.2. The van der Waals surface area contributed by atoms with E-state index in [1.165, 1.54) is 30.3 Å². The predicted octanol–water partition coefficient (Wildman–Crippen LogP) is 7.56. The molecule has 3 aromatic carbocycles. The number of halogens is 6. The van der Waals surface area contributed by atoms with Gasteiger partial charge in [0.2, 0.25) is 5.91 Å². The number of carbonyl (C=O) groups excluding carboxylic acids is 2. The molecule has 1 saturated carbocycles. The van der Waals surface area contributed by atoms with Gasteiger partial charge >= 0.3 is 0 Å². The minimum Gasteiger partial charge on any atom is -0.326 e. The molecule has 0 radical (unpaired) electrons. The highest BCUT2D eigenvalue weighted by Crippen LogP contribution is 2.65. The van der Waals surface area contributed by atoms with Crippen molar-refractivity contribution in [3.05, 3.63) is 92.7 Å². The molecule has 170 valence electrons. The molecule has 2 N–H and O–H groups in total. The second kappa shape index (κ2) is 9.32. The summed E-state index contributed by atoms with van der Waals surface area (Å²) in [4.78, 5) is 25.3. The summed E-state index contributed by atoms with van der Waals surface area (Å²) in [5, 5.41) is 6.28. The summed E-state index contributed by atoms with van der Waals surface area (Å²) in [5.41, 5.74) is 1.04. The maximum absolute atomic E-state index is 13.9. The lowest BCUT2D eigenvalue weighted by atomic mass is 10.1. The van der Waals surface area contributed by atoms with Crippen LogP contribution in [0.15, 0.2) is 60.7 Å². The smallest absolute Gasteiger partial charge is 0.258 e. The molecule has 10 heteroatoms. The van der Waals surface area contributed by atoms with Crippen LogP contribution in [0.1, 0.15) is 21.8 Å². The van der Waals surface area contributed by atoms with Gasteiger partial charge in [-0.3, -0.25) is 9.59 Å². The number of benzene rings is 3. The summed E-state index contributed by atoms with van der Waals surface area (Å²) in [6.07, 6.45) is 0. The fourth-order valence-corrected chi connectivity index (χ4v) is 5.11. The zero-order valence-electron chi connectivity index (χ0n) is 16.5. The van der Waals surface area contributed by atoms with Gasteiger partial charge in [0.05, 0.1) is 22.2 Å². The number of alkyl halides is 2. The zero-order valence-corrected chi connectivity index (χ0v) is 20.3. The van der Waals surface area contributed by atoms with E-state index in [2.05, 4.69) is 10.6 Å². The number of hydrogen-bond donors (Lipinski definition) is 2. The van der Waals surface area contributed by atoms with Crippen LogP contribution in [0.4, 0.5) is 15.8 Å². The molecule has 4 rings (SSSR count). The number of hydrogen-bond acceptors (Lipinski definition) is 2. The Balaban J connectivity index is 1.51. The van der Waals surface area contributed by atoms with Gasteiger partial charge in [-0.25, -0.2) is 4.39 Å². The quantitative estimate of drug-likeness (QED) is 0.325. The van der Waals surface area contributed by atoms with E-state index in [1.807, 2.05) is 0 Å². The van der Waals surface area contributed by atoms with Crippen LogP contribution < -0.4 is 10.6 Å². The van der Waals surface area contributed by atoms with E-state index in [1.54, 1.807) is 30.3 Å². The lowest BCUT2D eigenvalue weighted by Crippen LogP contribution is -2.18. The maximum Gasteiger partial charge on any atom is 0.258 e. The third-order valence-corrected chi connectivity index (χ3v) is 6.89. The first-order valence-electron chi connectivity index (χ1n) is 9.58. The molecule has 33 heavy (non-hydrogen) atoms. The molecule has 0 aliphatic heterocycles. The summed E-state index contributed by atoms with van der Waals surface area (Å²) in [6.45, 7) is 0. The van der Waals surface area contributed by atoms with Crippen LogP contribution in [0.2, 0.25) is 15.1 Å². The van der Waals surface area contributed by atoms with E-state index in [9.17, 15) is 14.0 Å². The van der Waals surface area contributed by atoms with E-state index in [-0.39, 0.29) is 16.3 Å². The summed E-state index contributed by atoms with van der Waals surface area (Å²) in [6, 6.07) is 14.9. The molecule has 4 nitrogen and oxygen atoms in total. The van der Waals surface area contributed by atoms with Crippen molar-refractivity contribution in [3.63, 3.8) is 0 Å². The first-order chi connectivity index (χ1) is 15.6. The first-order valence-corrected chi connectivity index (χ1v) is 11.5. The van der Waals surface area contributed by atoms with Crippen molar-refractivity contribution in [3.8, 4) is 0 Å². The third kappa shape index (κ3) is 5.08. The third-order valence-electron chi connectivity index (χ3n) is 5.18. The highest BCUT2D eigenvalue weighted by atomic mass is 35.5. The molecule has 1 fully saturated rings. The van der Waals surface area contributed by atoms with E-state index >= 15 is 0 Å². The van der Waals surface area contributed by atoms with Gasteiger partial charge in [-0.1, -0.05) is 46.9 Å². The Morgan fingerprint density at radius 2 is 1.55 bits per heavy atom. The number of anilines is 2. The van der Waals surface area contributed by atoms with Crippen LogP contribution in [-0.4, -0.2) is 16.1 Å². The highest BCUT2D eigenvalue weighted by molar-refractivity contribution is 6.53. The van der Waals surface area contributed by atoms with Crippen molar-refractivity contribution < 1.29 is 14.0 Å². The van der Waals surface area contributed by atoms with Crippen LogP contribution >= 0.6 is 58.0 Å². The molecule has 0 saturated heterocycles. The lowest BCUT2D eigenvalue weighted by Gasteiger charge is -2.11. The minimum absolute atomic E-state index is 0.141. The molecule has 0 spiro atoms. The Kier molecular flexibility index (Phi) is 6.81. The van der Waals surface area contributed by atoms with Gasteiger partial charge in [0.25, 0.3) is 5.91 Å². The average molecular weight is 547 g/mol. The van der Waals surface area contributed by atoms with Crippen molar-refractivity contribution in [2.45, 2.75) is 10.3 Å². The topological polar surface area (TPSA) is 58.2 Å². The van der Waals surface area contributed by atoms with E-state index in [4.69, 9.17) is 58.0 Å². The average Bonchev–Trinajstić information content (AvgIpc) is 3.32. The van der Waals surface area contributed by atoms with E-state index in [0.717, 1.165) is 0 Å². The number of amides is 2. The second-order valence-electron chi connectivity index (χ2n) is 7.45. The summed E-state index contributed by atoms with van der Waals surface area (Å²) >= 11 is 31.1. The molecule has 1 aliphatic carbocycles. The Bertz CT molecular complexity index is 1250. The van der Waals surface area contributed by atoms with Crippen LogP contribution in [0, 0.1) is 11.7 Å². The Morgan fingerprint density at radius 3 is 2.21 bits per heavy atom. The Labute approximate surface area is 213 Å². The van der Waals surface area contributed by atoms with Crippen LogP contribution in [0.5, 0.6) is 0 Å². The fourth-order valence-electron chi connectivity index (χ4n) is 3.58. The van der Waals surface area contributed by atoms with Gasteiger partial charge in [-0.05, 0) is 54.1 Å². The first kappa shape index (κ1) is 24.1. The van der Waals surface area contributed by atoms with Gasteiger partial charge in [0.1, 0.15) is 10.2 Å². The maximum atomic E-state index is 13.9. The largest absolute Gasteiger partial charge is 0.326 e. The van der Waals surface area contributed by atoms with Gasteiger partial charge < -0.3 is 10.6 Å². The normalized spacial score (nSPS) is 18.5. The molecule has 0 unspecified atom stereocenters. The van der Waals surface area contributed by atoms with Crippen LogP contribution in [0.25, 0.3) is 0 Å². The van der Waals surface area contributed by atoms with Gasteiger partial charge in [0, 0.05) is 21.7 Å². The van der Waals surface area contributed by atoms with E-state index in [0.29, 0.717) is 21.3 Å². The highest BCUT2D eigenvalue weighted by Gasteiger charge is 2.67. The summed E-state index contributed by atoms with van der Waals surface area (Å²) < 4.78 is 12.6. The molecular formula is C23H14Cl5FN2O2. The van der Waals surface area contributed by atoms with Gasteiger partial charge in [-0.2, -0.15) is 0 Å². The van der Waals surface area contributed by atoms with Crippen LogP contribution in [0.3, 0.4) is 0 Å². The van der Waals surface area contributed by atoms with Crippen molar-refractivity contribution >= 4 is 81.2 Å². The van der Waals surface area contributed by atoms with Crippen molar-refractivity contribution in [1.82, 2.24) is 0 Å². The lowest BCUT2D eigenvalue weighted by molar-refractivity contribution is -0.117. The fraction of sp³-hybridized carbons (Fsp3) is 0.130. The molecular weight excluding hydrogens is 533 g/mol. The zero-order chi connectivity index (χ0) is 23.9. The monoisotopic (exact) mass is 544 g/mol. The predicted molar refractivity (Wildman–Crippen MR) is 132 cm³/mol. The van der Waals surface area contributed by atoms with Gasteiger partial charge in [-0.15, -0.1) is 23.2 Å². The number of nitrogens with one attached hydrogen (secondary N) is 2. The van der Waals surface area contributed by atoms with E-state index < -0.39 is 33.8 Å². The standard InChI is InChI=1S/C23H14Cl5FN2O2/c24-12-7-11(8-13(25)9-12)19-20(23(19,27)28)22(33)30-14-5-6-16(26)18(10-14)31-21(32)15-3-1-2-4-17(15)29/h1-10,19-20H,(H,30,33)(H,31,32)/t19-,20+/m0/s1. The molecule has 2 atom stereocenters. The molecule has 0 aromatic heterocycles. The Morgan fingerprint density at radius 1 is 0.879 bits per heavy atom. The van der Waals surface area contributed by atoms with Crippen molar-refractivity contribution in [2.24, 2.45) is 5.92 Å². The number of carbonyl (C=O) groups is 2. The van der Waals surface area contributed by atoms with Gasteiger partial charge in [0.15, 0.2) is 0 Å². The molecule has 1 aliphatic rings. The summed E-state index contributed by atoms with van der Waals surface area (Å²) in [7, 11) is 0. The molecule has 2 amide bonds. The number of rotatable bonds is 5. The summed E-state index contributed by atoms with van der Waals surface area (Å²) in [5.74, 6) is -3.06.